The first-order valence-corrected chi connectivity index (χ1v) is 11.6. The first kappa shape index (κ1) is 19.5. The number of rotatable bonds is 5. The van der Waals surface area contributed by atoms with Crippen molar-refractivity contribution in [2.24, 2.45) is 0 Å². The molecule has 2 aromatic rings. The van der Waals surface area contributed by atoms with Crippen molar-refractivity contribution < 1.29 is 8.42 Å². The van der Waals surface area contributed by atoms with Crippen molar-refractivity contribution in [3.63, 3.8) is 0 Å². The fourth-order valence-corrected chi connectivity index (χ4v) is 5.56. The second kappa shape index (κ2) is 7.57. The van der Waals surface area contributed by atoms with Gasteiger partial charge in [-0.25, -0.2) is 8.42 Å². The van der Waals surface area contributed by atoms with Crippen LogP contribution in [0.4, 0.5) is 0 Å². The smallest absolute Gasteiger partial charge is 0.243 e. The lowest BCUT2D eigenvalue weighted by Gasteiger charge is -2.28. The van der Waals surface area contributed by atoms with E-state index in [-0.39, 0.29) is 6.54 Å². The van der Waals surface area contributed by atoms with Gasteiger partial charge in [0.1, 0.15) is 11.6 Å². The van der Waals surface area contributed by atoms with Crippen molar-refractivity contribution in [2.45, 2.75) is 63.6 Å². The third-order valence-corrected chi connectivity index (χ3v) is 7.89. The highest BCUT2D eigenvalue weighted by atomic mass is 32.2. The molecule has 3 heterocycles. The van der Waals surface area contributed by atoms with Gasteiger partial charge in [0, 0.05) is 31.6 Å². The van der Waals surface area contributed by atoms with Crippen LogP contribution in [0.15, 0.2) is 29.2 Å². The number of likely N-dealkylation sites (tertiary alicyclic amines) is 1. The van der Waals surface area contributed by atoms with Gasteiger partial charge in [-0.1, -0.05) is 19.1 Å². The van der Waals surface area contributed by atoms with E-state index in [9.17, 15) is 8.42 Å². The van der Waals surface area contributed by atoms with Gasteiger partial charge in [0.15, 0.2) is 0 Å². The zero-order valence-electron chi connectivity index (χ0n) is 16.9. The molecule has 28 heavy (non-hydrogen) atoms. The molecule has 0 saturated carbocycles. The van der Waals surface area contributed by atoms with E-state index in [1.54, 1.807) is 12.1 Å². The molecule has 0 amide bonds. The van der Waals surface area contributed by atoms with Gasteiger partial charge in [-0.05, 0) is 50.9 Å². The SMILES string of the molecule is CCc1ccc(S(=O)(=O)N2CCn3c(nnc3C3CCN(C(C)C)C3)C2)cc1. The van der Waals surface area contributed by atoms with Crippen LogP contribution in [-0.4, -0.2) is 58.1 Å². The van der Waals surface area contributed by atoms with Gasteiger partial charge in [-0.3, -0.25) is 0 Å². The van der Waals surface area contributed by atoms with Crippen LogP contribution in [0.5, 0.6) is 0 Å². The van der Waals surface area contributed by atoms with Crippen LogP contribution in [-0.2, 0) is 29.5 Å². The Morgan fingerprint density at radius 2 is 1.86 bits per heavy atom. The van der Waals surface area contributed by atoms with E-state index in [1.807, 2.05) is 12.1 Å². The topological polar surface area (TPSA) is 71.3 Å². The molecule has 0 radical (unpaired) electrons. The van der Waals surface area contributed by atoms with Gasteiger partial charge in [0.05, 0.1) is 11.4 Å². The highest BCUT2D eigenvalue weighted by Crippen LogP contribution is 2.30. The standard InChI is InChI=1S/C20H29N5O2S/c1-4-16-5-7-18(8-6-16)28(26,27)24-11-12-25-19(14-24)21-22-20(25)17-9-10-23(13-17)15(2)3/h5-8,15,17H,4,9-14H2,1-3H3. The van der Waals surface area contributed by atoms with Crippen LogP contribution in [0.2, 0.25) is 0 Å². The molecular weight excluding hydrogens is 374 g/mol. The van der Waals surface area contributed by atoms with E-state index in [0.717, 1.165) is 43.1 Å². The molecule has 1 unspecified atom stereocenters. The van der Waals surface area contributed by atoms with Crippen LogP contribution in [0.3, 0.4) is 0 Å². The predicted octanol–water partition coefficient (Wildman–Crippen LogP) is 2.24. The molecule has 1 fully saturated rings. The third kappa shape index (κ3) is 3.49. The largest absolute Gasteiger partial charge is 0.312 e. The van der Waals surface area contributed by atoms with Crippen molar-refractivity contribution in [1.29, 1.82) is 0 Å². The summed E-state index contributed by atoms with van der Waals surface area (Å²) in [6.07, 6.45) is 1.98. The van der Waals surface area contributed by atoms with Crippen LogP contribution in [0.25, 0.3) is 0 Å². The summed E-state index contributed by atoms with van der Waals surface area (Å²) in [5, 5.41) is 8.79. The Kier molecular flexibility index (Phi) is 5.28. The van der Waals surface area contributed by atoms with Gasteiger partial charge >= 0.3 is 0 Å². The van der Waals surface area contributed by atoms with Gasteiger partial charge in [0.25, 0.3) is 0 Å². The Labute approximate surface area is 167 Å². The van der Waals surface area contributed by atoms with E-state index < -0.39 is 10.0 Å². The maximum Gasteiger partial charge on any atom is 0.243 e. The molecule has 0 bridgehead atoms. The number of sulfonamides is 1. The van der Waals surface area contributed by atoms with E-state index >= 15 is 0 Å². The molecule has 1 aromatic heterocycles. The van der Waals surface area contributed by atoms with Crippen LogP contribution >= 0.6 is 0 Å². The molecule has 152 valence electrons. The molecule has 7 nitrogen and oxygen atoms in total. The van der Waals surface area contributed by atoms with Gasteiger partial charge in [-0.15, -0.1) is 10.2 Å². The number of benzene rings is 1. The zero-order valence-corrected chi connectivity index (χ0v) is 17.7. The van der Waals surface area contributed by atoms with E-state index in [1.165, 1.54) is 4.31 Å². The maximum absolute atomic E-state index is 13.0. The summed E-state index contributed by atoms with van der Waals surface area (Å²) >= 11 is 0. The lowest BCUT2D eigenvalue weighted by atomic mass is 10.1. The Morgan fingerprint density at radius 1 is 1.11 bits per heavy atom. The second-order valence-corrected chi connectivity index (χ2v) is 9.97. The van der Waals surface area contributed by atoms with Gasteiger partial charge < -0.3 is 9.47 Å². The number of hydrogen-bond donors (Lipinski definition) is 0. The monoisotopic (exact) mass is 403 g/mol. The quantitative estimate of drug-likeness (QED) is 0.766. The van der Waals surface area contributed by atoms with Crippen molar-refractivity contribution in [3.8, 4) is 0 Å². The molecule has 4 rings (SSSR count). The second-order valence-electron chi connectivity index (χ2n) is 8.04. The minimum atomic E-state index is -3.52. The highest BCUT2D eigenvalue weighted by molar-refractivity contribution is 7.89. The molecule has 1 saturated heterocycles. The lowest BCUT2D eigenvalue weighted by Crippen LogP contribution is -2.39. The van der Waals surface area contributed by atoms with Crippen molar-refractivity contribution >= 4 is 10.0 Å². The molecule has 0 aliphatic carbocycles. The van der Waals surface area contributed by atoms with Crippen LogP contribution in [0, 0.1) is 0 Å². The molecule has 8 heteroatoms. The molecule has 0 spiro atoms. The Morgan fingerprint density at radius 3 is 2.50 bits per heavy atom. The summed E-state index contributed by atoms with van der Waals surface area (Å²) in [7, 11) is -3.52. The fraction of sp³-hybridized carbons (Fsp3) is 0.600. The summed E-state index contributed by atoms with van der Waals surface area (Å²) in [6.45, 7) is 9.93. The van der Waals surface area contributed by atoms with Gasteiger partial charge in [0.2, 0.25) is 10.0 Å². The summed E-state index contributed by atoms with van der Waals surface area (Å²) in [4.78, 5) is 2.81. The highest BCUT2D eigenvalue weighted by Gasteiger charge is 2.34. The average Bonchev–Trinajstić information content (AvgIpc) is 3.34. The van der Waals surface area contributed by atoms with E-state index in [2.05, 4.69) is 40.4 Å². The molecular formula is C20H29N5O2S. The molecule has 1 atom stereocenters. The van der Waals surface area contributed by atoms with E-state index in [0.29, 0.717) is 29.9 Å². The zero-order chi connectivity index (χ0) is 19.9. The summed E-state index contributed by atoms with van der Waals surface area (Å²) in [5.74, 6) is 2.15. The minimum Gasteiger partial charge on any atom is -0.312 e. The van der Waals surface area contributed by atoms with Crippen molar-refractivity contribution in [3.05, 3.63) is 41.5 Å². The van der Waals surface area contributed by atoms with Crippen LogP contribution < -0.4 is 0 Å². The Bertz CT molecular complexity index is 936. The Hall–Kier alpha value is -1.77. The lowest BCUT2D eigenvalue weighted by molar-refractivity contribution is 0.270. The number of fused-ring (bicyclic) bond motifs is 1. The Balaban J connectivity index is 1.52. The molecule has 2 aliphatic heterocycles. The van der Waals surface area contributed by atoms with Crippen LogP contribution in [0.1, 0.15) is 50.3 Å². The number of nitrogens with zero attached hydrogens (tertiary/aromatic N) is 5. The minimum absolute atomic E-state index is 0.283. The average molecular weight is 404 g/mol. The fourth-order valence-electron chi connectivity index (χ4n) is 4.18. The van der Waals surface area contributed by atoms with Crippen molar-refractivity contribution in [2.75, 3.05) is 19.6 Å². The number of aromatic nitrogens is 3. The van der Waals surface area contributed by atoms with E-state index in [4.69, 9.17) is 0 Å². The van der Waals surface area contributed by atoms with Gasteiger partial charge in [-0.2, -0.15) is 4.31 Å². The summed E-state index contributed by atoms with van der Waals surface area (Å²) in [6, 6.07) is 7.72. The first-order valence-electron chi connectivity index (χ1n) is 10.1. The van der Waals surface area contributed by atoms with Crippen molar-refractivity contribution in [1.82, 2.24) is 24.0 Å². The molecule has 1 aromatic carbocycles. The first-order chi connectivity index (χ1) is 13.4. The summed E-state index contributed by atoms with van der Waals surface area (Å²) < 4.78 is 29.7. The maximum atomic E-state index is 13.0. The third-order valence-electron chi connectivity index (χ3n) is 6.03. The summed E-state index contributed by atoms with van der Waals surface area (Å²) in [5.41, 5.74) is 1.13. The molecule has 0 N–H and O–H groups in total. The normalized spacial score (nSPS) is 21.4. The number of hydrogen-bond acceptors (Lipinski definition) is 5. The molecule has 2 aliphatic rings. The number of aryl methyl sites for hydroxylation is 1. The predicted molar refractivity (Wildman–Crippen MR) is 108 cm³/mol.